The summed E-state index contributed by atoms with van der Waals surface area (Å²) in [5.41, 5.74) is 3.12. The molecule has 2 heterocycles. The Bertz CT molecular complexity index is 945. The summed E-state index contributed by atoms with van der Waals surface area (Å²) >= 11 is 0. The maximum Gasteiger partial charge on any atom is 0.337 e. The van der Waals surface area contributed by atoms with Crippen molar-refractivity contribution >= 4 is 23.0 Å². The molecule has 146 valence electrons. The third-order valence-corrected chi connectivity index (χ3v) is 5.44. The van der Waals surface area contributed by atoms with Crippen molar-refractivity contribution in [1.29, 1.82) is 0 Å². The molecule has 1 aliphatic carbocycles. The van der Waals surface area contributed by atoms with Crippen molar-refractivity contribution in [1.82, 2.24) is 19.9 Å². The first kappa shape index (κ1) is 18.4. The minimum Gasteiger partial charge on any atom is -0.465 e. The summed E-state index contributed by atoms with van der Waals surface area (Å²) < 4.78 is 4.73. The van der Waals surface area contributed by atoms with Gasteiger partial charge in [0.2, 0.25) is 0 Å². The lowest BCUT2D eigenvalue weighted by atomic mass is 10.0. The summed E-state index contributed by atoms with van der Waals surface area (Å²) in [6.07, 6.45) is 9.10. The predicted molar refractivity (Wildman–Crippen MR) is 107 cm³/mol. The molecular weight excluding hydrogens is 354 g/mol. The number of aromatic amines is 1. The van der Waals surface area contributed by atoms with Gasteiger partial charge in [-0.3, -0.25) is 0 Å². The summed E-state index contributed by atoms with van der Waals surface area (Å²) in [7, 11) is 1.38. The van der Waals surface area contributed by atoms with Gasteiger partial charge in [-0.05, 0) is 30.0 Å². The molecule has 3 aromatic rings. The van der Waals surface area contributed by atoms with E-state index in [1.165, 1.54) is 45.5 Å². The van der Waals surface area contributed by atoms with Gasteiger partial charge >= 0.3 is 5.97 Å². The van der Waals surface area contributed by atoms with Crippen LogP contribution in [0.2, 0.25) is 0 Å². The number of ether oxygens (including phenoxy) is 1. The number of nitrogens with zero attached hydrogens (tertiary/aromatic N) is 3. The fourth-order valence-electron chi connectivity index (χ4n) is 3.83. The highest BCUT2D eigenvalue weighted by Crippen LogP contribution is 2.28. The highest BCUT2D eigenvalue weighted by Gasteiger charge is 2.16. The average Bonchev–Trinajstić information content (AvgIpc) is 3.40. The predicted octanol–water partition coefficient (Wildman–Crippen LogP) is 3.87. The second kappa shape index (κ2) is 8.37. The summed E-state index contributed by atoms with van der Waals surface area (Å²) in [6.45, 7) is 0.587. The SMILES string of the molecule is COC(=O)c1ccc(CNc2ncnc3nc(CCC4CCCC4)[nH]c23)cc1. The van der Waals surface area contributed by atoms with Crippen molar-refractivity contribution in [2.45, 2.75) is 45.1 Å². The van der Waals surface area contributed by atoms with Crippen LogP contribution in [-0.2, 0) is 17.7 Å². The third kappa shape index (κ3) is 4.13. The van der Waals surface area contributed by atoms with E-state index in [4.69, 9.17) is 4.74 Å². The summed E-state index contributed by atoms with van der Waals surface area (Å²) in [4.78, 5) is 28.2. The van der Waals surface area contributed by atoms with Crippen molar-refractivity contribution in [3.8, 4) is 0 Å². The Morgan fingerprint density at radius 3 is 2.75 bits per heavy atom. The molecular formula is C21H25N5O2. The zero-order chi connectivity index (χ0) is 19.3. The summed E-state index contributed by atoms with van der Waals surface area (Å²) in [6, 6.07) is 7.32. The van der Waals surface area contributed by atoms with Crippen LogP contribution in [0.5, 0.6) is 0 Å². The fraction of sp³-hybridized carbons (Fsp3) is 0.429. The van der Waals surface area contributed by atoms with Crippen LogP contribution in [0.3, 0.4) is 0 Å². The van der Waals surface area contributed by atoms with E-state index >= 15 is 0 Å². The number of fused-ring (bicyclic) bond motifs is 1. The number of methoxy groups -OCH3 is 1. The van der Waals surface area contributed by atoms with E-state index in [0.29, 0.717) is 17.8 Å². The van der Waals surface area contributed by atoms with Crippen molar-refractivity contribution in [3.63, 3.8) is 0 Å². The number of nitrogens with one attached hydrogen (secondary N) is 2. The van der Waals surface area contributed by atoms with Crippen LogP contribution in [-0.4, -0.2) is 33.0 Å². The Morgan fingerprint density at radius 2 is 2.00 bits per heavy atom. The molecule has 28 heavy (non-hydrogen) atoms. The normalized spacial score (nSPS) is 14.5. The number of carbonyl (C=O) groups excluding carboxylic acids is 1. The van der Waals surface area contributed by atoms with Crippen LogP contribution in [0.4, 0.5) is 5.82 Å². The number of carbonyl (C=O) groups is 1. The lowest BCUT2D eigenvalue weighted by Crippen LogP contribution is -2.04. The Labute approximate surface area is 164 Å². The van der Waals surface area contributed by atoms with Gasteiger partial charge in [-0.2, -0.15) is 0 Å². The van der Waals surface area contributed by atoms with Gasteiger partial charge in [-0.15, -0.1) is 0 Å². The molecule has 4 rings (SSSR count). The van der Waals surface area contributed by atoms with Gasteiger partial charge in [-0.25, -0.2) is 19.7 Å². The van der Waals surface area contributed by atoms with E-state index in [2.05, 4.69) is 25.3 Å². The van der Waals surface area contributed by atoms with Gasteiger partial charge in [0.05, 0.1) is 12.7 Å². The molecule has 1 aliphatic rings. The lowest BCUT2D eigenvalue weighted by Gasteiger charge is -2.07. The van der Waals surface area contributed by atoms with Crippen molar-refractivity contribution in [2.24, 2.45) is 5.92 Å². The highest BCUT2D eigenvalue weighted by atomic mass is 16.5. The molecule has 7 nitrogen and oxygen atoms in total. The fourth-order valence-corrected chi connectivity index (χ4v) is 3.83. The maximum atomic E-state index is 11.5. The Hall–Kier alpha value is -2.96. The minimum absolute atomic E-state index is 0.334. The second-order valence-electron chi connectivity index (χ2n) is 7.34. The number of benzene rings is 1. The monoisotopic (exact) mass is 379 g/mol. The van der Waals surface area contributed by atoms with E-state index in [-0.39, 0.29) is 5.97 Å². The van der Waals surface area contributed by atoms with Crippen LogP contribution >= 0.6 is 0 Å². The topological polar surface area (TPSA) is 92.8 Å². The number of hydrogen-bond donors (Lipinski definition) is 2. The Morgan fingerprint density at radius 1 is 1.21 bits per heavy atom. The van der Waals surface area contributed by atoms with Gasteiger partial charge in [0.15, 0.2) is 11.5 Å². The molecule has 7 heteroatoms. The van der Waals surface area contributed by atoms with E-state index in [9.17, 15) is 4.79 Å². The standard InChI is InChI=1S/C21H25N5O2/c1-28-21(27)16-9-6-15(7-10-16)12-22-19-18-20(24-13-23-19)26-17(25-18)11-8-14-4-2-3-5-14/h6-7,9-10,13-14H,2-5,8,11-12H2,1H3,(H2,22,23,24,25,26). The molecule has 0 bridgehead atoms. The van der Waals surface area contributed by atoms with Crippen molar-refractivity contribution < 1.29 is 9.53 Å². The minimum atomic E-state index is -0.334. The van der Waals surface area contributed by atoms with E-state index < -0.39 is 0 Å². The number of H-pyrrole nitrogens is 1. The number of imidazole rings is 1. The smallest absolute Gasteiger partial charge is 0.337 e. The average molecular weight is 379 g/mol. The number of aryl methyl sites for hydroxylation is 1. The van der Waals surface area contributed by atoms with E-state index in [1.807, 2.05) is 12.1 Å². The molecule has 1 saturated carbocycles. The van der Waals surface area contributed by atoms with Gasteiger partial charge in [0.25, 0.3) is 0 Å². The number of hydrogen-bond acceptors (Lipinski definition) is 6. The van der Waals surface area contributed by atoms with Crippen molar-refractivity contribution in [3.05, 3.63) is 47.5 Å². The molecule has 0 atom stereocenters. The van der Waals surface area contributed by atoms with Crippen LogP contribution in [0, 0.1) is 5.92 Å². The molecule has 2 N–H and O–H groups in total. The molecule has 0 radical (unpaired) electrons. The first-order chi connectivity index (χ1) is 13.7. The molecule has 0 aliphatic heterocycles. The van der Waals surface area contributed by atoms with Crippen LogP contribution in [0.1, 0.15) is 53.8 Å². The van der Waals surface area contributed by atoms with Gasteiger partial charge in [-0.1, -0.05) is 37.8 Å². The zero-order valence-electron chi connectivity index (χ0n) is 16.1. The number of anilines is 1. The molecule has 0 unspecified atom stereocenters. The zero-order valence-corrected chi connectivity index (χ0v) is 16.1. The van der Waals surface area contributed by atoms with Gasteiger partial charge in [0, 0.05) is 13.0 Å². The van der Waals surface area contributed by atoms with Crippen LogP contribution in [0.25, 0.3) is 11.2 Å². The third-order valence-electron chi connectivity index (χ3n) is 5.44. The second-order valence-corrected chi connectivity index (χ2v) is 7.34. The Kier molecular flexibility index (Phi) is 5.50. The number of aromatic nitrogens is 4. The Balaban J connectivity index is 1.42. The lowest BCUT2D eigenvalue weighted by molar-refractivity contribution is 0.0600. The first-order valence-corrected chi connectivity index (χ1v) is 9.83. The van der Waals surface area contributed by atoms with E-state index in [0.717, 1.165) is 35.1 Å². The van der Waals surface area contributed by atoms with Crippen LogP contribution < -0.4 is 5.32 Å². The molecule has 1 aromatic carbocycles. The number of esters is 1. The van der Waals surface area contributed by atoms with Gasteiger partial charge < -0.3 is 15.0 Å². The quantitative estimate of drug-likeness (QED) is 0.605. The van der Waals surface area contributed by atoms with E-state index in [1.54, 1.807) is 12.1 Å². The first-order valence-electron chi connectivity index (χ1n) is 9.83. The highest BCUT2D eigenvalue weighted by molar-refractivity contribution is 5.89. The molecule has 2 aromatic heterocycles. The molecule has 0 saturated heterocycles. The molecule has 0 amide bonds. The summed E-state index contributed by atoms with van der Waals surface area (Å²) in [5, 5.41) is 3.34. The molecule has 0 spiro atoms. The van der Waals surface area contributed by atoms with Crippen LogP contribution in [0.15, 0.2) is 30.6 Å². The summed E-state index contributed by atoms with van der Waals surface area (Å²) in [5.74, 6) is 2.22. The number of rotatable bonds is 7. The van der Waals surface area contributed by atoms with Crippen molar-refractivity contribution in [2.75, 3.05) is 12.4 Å². The molecule has 1 fully saturated rings. The maximum absolute atomic E-state index is 11.5. The largest absolute Gasteiger partial charge is 0.465 e. The van der Waals surface area contributed by atoms with Gasteiger partial charge in [0.1, 0.15) is 17.7 Å².